The van der Waals surface area contributed by atoms with Crippen molar-refractivity contribution >= 4 is 5.91 Å². The summed E-state index contributed by atoms with van der Waals surface area (Å²) in [5, 5.41) is 0. The highest BCUT2D eigenvalue weighted by molar-refractivity contribution is 5.78. The minimum Gasteiger partial charge on any atom is -0.365 e. The standard InChI is InChI=1S/C15H25NO2/c1-12(2)6-5-11-18-14-7-9-16(10-8-14)15(17)13(3)4/h12-14H,7-11H2,1-4H3. The molecule has 0 saturated carbocycles. The fourth-order valence-corrected chi connectivity index (χ4v) is 2.01. The van der Waals surface area contributed by atoms with Crippen LogP contribution >= 0.6 is 0 Å². The lowest BCUT2D eigenvalue weighted by Gasteiger charge is -2.32. The number of rotatable bonds is 3. The van der Waals surface area contributed by atoms with E-state index in [2.05, 4.69) is 25.7 Å². The van der Waals surface area contributed by atoms with E-state index in [1.807, 2.05) is 18.7 Å². The second kappa shape index (κ2) is 7.43. The summed E-state index contributed by atoms with van der Waals surface area (Å²) >= 11 is 0. The molecule has 1 heterocycles. The van der Waals surface area contributed by atoms with E-state index in [0.717, 1.165) is 25.9 Å². The fourth-order valence-electron chi connectivity index (χ4n) is 2.01. The zero-order valence-corrected chi connectivity index (χ0v) is 12.0. The lowest BCUT2D eigenvalue weighted by Crippen LogP contribution is -2.42. The first kappa shape index (κ1) is 15.0. The summed E-state index contributed by atoms with van der Waals surface area (Å²) in [7, 11) is 0. The SMILES string of the molecule is CC(C)C#CCOC1CCN(C(=O)C(C)C)CC1. The van der Waals surface area contributed by atoms with Crippen molar-refractivity contribution in [3.8, 4) is 11.8 Å². The van der Waals surface area contributed by atoms with Gasteiger partial charge in [-0.05, 0) is 12.8 Å². The molecule has 0 spiro atoms. The van der Waals surface area contributed by atoms with E-state index in [4.69, 9.17) is 4.74 Å². The van der Waals surface area contributed by atoms with Crippen LogP contribution in [0.5, 0.6) is 0 Å². The molecule has 3 nitrogen and oxygen atoms in total. The van der Waals surface area contributed by atoms with Gasteiger partial charge in [0.05, 0.1) is 6.10 Å². The van der Waals surface area contributed by atoms with Gasteiger partial charge in [-0.3, -0.25) is 4.79 Å². The molecule has 0 aromatic rings. The average molecular weight is 251 g/mol. The summed E-state index contributed by atoms with van der Waals surface area (Å²) in [5.74, 6) is 6.88. The molecule has 1 amide bonds. The number of carbonyl (C=O) groups excluding carboxylic acids is 1. The monoisotopic (exact) mass is 251 g/mol. The molecule has 1 aliphatic heterocycles. The third-order valence-electron chi connectivity index (χ3n) is 3.03. The number of likely N-dealkylation sites (tertiary alicyclic amines) is 1. The minimum atomic E-state index is 0.0966. The van der Waals surface area contributed by atoms with Crippen molar-refractivity contribution in [2.45, 2.75) is 46.6 Å². The Balaban J connectivity index is 2.24. The van der Waals surface area contributed by atoms with Crippen molar-refractivity contribution in [2.75, 3.05) is 19.7 Å². The summed E-state index contributed by atoms with van der Waals surface area (Å²) in [5.41, 5.74) is 0. The Hall–Kier alpha value is -1.01. The highest BCUT2D eigenvalue weighted by Gasteiger charge is 2.24. The molecular weight excluding hydrogens is 226 g/mol. The molecular formula is C15H25NO2. The normalized spacial score (nSPS) is 16.9. The maximum absolute atomic E-state index is 11.8. The van der Waals surface area contributed by atoms with Gasteiger partial charge in [0.1, 0.15) is 6.61 Å². The third-order valence-corrected chi connectivity index (χ3v) is 3.03. The second-order valence-electron chi connectivity index (χ2n) is 5.47. The van der Waals surface area contributed by atoms with Gasteiger partial charge in [-0.15, -0.1) is 0 Å². The van der Waals surface area contributed by atoms with Crippen LogP contribution < -0.4 is 0 Å². The third kappa shape index (κ3) is 5.10. The molecule has 1 rings (SSSR count). The van der Waals surface area contributed by atoms with E-state index >= 15 is 0 Å². The van der Waals surface area contributed by atoms with Crippen LogP contribution in [0, 0.1) is 23.7 Å². The van der Waals surface area contributed by atoms with E-state index in [0.29, 0.717) is 12.5 Å². The molecule has 3 heteroatoms. The lowest BCUT2D eigenvalue weighted by atomic mass is 10.1. The molecule has 0 aromatic carbocycles. The van der Waals surface area contributed by atoms with Gasteiger partial charge in [0, 0.05) is 24.9 Å². The number of hydrogen-bond acceptors (Lipinski definition) is 2. The Morgan fingerprint density at radius 3 is 2.39 bits per heavy atom. The van der Waals surface area contributed by atoms with Gasteiger partial charge in [0.2, 0.25) is 5.91 Å². The van der Waals surface area contributed by atoms with Gasteiger partial charge in [-0.2, -0.15) is 0 Å². The van der Waals surface area contributed by atoms with Crippen molar-refractivity contribution in [3.63, 3.8) is 0 Å². The van der Waals surface area contributed by atoms with Crippen LogP contribution in [0.2, 0.25) is 0 Å². The highest BCUT2D eigenvalue weighted by atomic mass is 16.5. The summed E-state index contributed by atoms with van der Waals surface area (Å²) in [6.07, 6.45) is 2.13. The number of piperidine rings is 1. The van der Waals surface area contributed by atoms with Crippen LogP contribution in [0.25, 0.3) is 0 Å². The minimum absolute atomic E-state index is 0.0966. The molecule has 102 valence electrons. The molecule has 1 fully saturated rings. The predicted molar refractivity (Wildman–Crippen MR) is 73.0 cm³/mol. The average Bonchev–Trinajstić information content (AvgIpc) is 2.34. The molecule has 0 radical (unpaired) electrons. The summed E-state index contributed by atoms with van der Waals surface area (Å²) in [4.78, 5) is 13.8. The molecule has 1 aliphatic rings. The van der Waals surface area contributed by atoms with Crippen molar-refractivity contribution in [2.24, 2.45) is 11.8 Å². The number of nitrogens with zero attached hydrogens (tertiary/aromatic N) is 1. The van der Waals surface area contributed by atoms with Crippen molar-refractivity contribution < 1.29 is 9.53 Å². The summed E-state index contributed by atoms with van der Waals surface area (Å²) in [6, 6.07) is 0. The predicted octanol–water partition coefficient (Wildman–Crippen LogP) is 2.31. The molecule has 1 saturated heterocycles. The van der Waals surface area contributed by atoms with E-state index in [1.54, 1.807) is 0 Å². The van der Waals surface area contributed by atoms with Gasteiger partial charge < -0.3 is 9.64 Å². The Morgan fingerprint density at radius 2 is 1.89 bits per heavy atom. The van der Waals surface area contributed by atoms with Crippen molar-refractivity contribution in [1.82, 2.24) is 4.90 Å². The van der Waals surface area contributed by atoms with Gasteiger partial charge in [-0.25, -0.2) is 0 Å². The first-order valence-corrected chi connectivity index (χ1v) is 6.89. The first-order valence-electron chi connectivity index (χ1n) is 6.89. The molecule has 0 N–H and O–H groups in total. The maximum atomic E-state index is 11.8. The topological polar surface area (TPSA) is 29.5 Å². The van der Waals surface area contributed by atoms with Gasteiger partial charge in [0.25, 0.3) is 0 Å². The fraction of sp³-hybridized carbons (Fsp3) is 0.800. The quantitative estimate of drug-likeness (QED) is 0.720. The van der Waals surface area contributed by atoms with Crippen LogP contribution in [0.15, 0.2) is 0 Å². The number of amides is 1. The van der Waals surface area contributed by atoms with Crippen molar-refractivity contribution in [1.29, 1.82) is 0 Å². The molecule has 0 aromatic heterocycles. The van der Waals surface area contributed by atoms with E-state index in [1.165, 1.54) is 0 Å². The maximum Gasteiger partial charge on any atom is 0.225 e. The Labute approximate surface area is 111 Å². The number of carbonyl (C=O) groups is 1. The van der Waals surface area contributed by atoms with E-state index in [9.17, 15) is 4.79 Å². The second-order valence-corrected chi connectivity index (χ2v) is 5.47. The van der Waals surface area contributed by atoms with Crippen molar-refractivity contribution in [3.05, 3.63) is 0 Å². The highest BCUT2D eigenvalue weighted by Crippen LogP contribution is 2.15. The smallest absolute Gasteiger partial charge is 0.225 e. The molecule has 0 aliphatic carbocycles. The zero-order valence-electron chi connectivity index (χ0n) is 12.0. The Morgan fingerprint density at radius 1 is 1.28 bits per heavy atom. The molecule has 0 atom stereocenters. The summed E-state index contributed by atoms with van der Waals surface area (Å²) in [6.45, 7) is 10.2. The summed E-state index contributed by atoms with van der Waals surface area (Å²) < 4.78 is 5.71. The Kier molecular flexibility index (Phi) is 6.21. The van der Waals surface area contributed by atoms with Gasteiger partial charge >= 0.3 is 0 Å². The zero-order chi connectivity index (χ0) is 13.5. The largest absolute Gasteiger partial charge is 0.365 e. The van der Waals surface area contributed by atoms with Crippen LogP contribution in [-0.2, 0) is 9.53 Å². The van der Waals surface area contributed by atoms with Crippen LogP contribution in [0.4, 0.5) is 0 Å². The van der Waals surface area contributed by atoms with E-state index in [-0.39, 0.29) is 17.9 Å². The number of ether oxygens (including phenoxy) is 1. The number of hydrogen-bond donors (Lipinski definition) is 0. The molecule has 18 heavy (non-hydrogen) atoms. The first-order chi connectivity index (χ1) is 8.50. The van der Waals surface area contributed by atoms with E-state index < -0.39 is 0 Å². The Bertz CT molecular complexity index is 317. The van der Waals surface area contributed by atoms with Crippen LogP contribution in [-0.4, -0.2) is 36.6 Å². The van der Waals surface area contributed by atoms with Gasteiger partial charge in [0.15, 0.2) is 0 Å². The van der Waals surface area contributed by atoms with Crippen LogP contribution in [0.3, 0.4) is 0 Å². The molecule has 0 bridgehead atoms. The lowest BCUT2D eigenvalue weighted by molar-refractivity contribution is -0.136. The van der Waals surface area contributed by atoms with Gasteiger partial charge in [-0.1, -0.05) is 39.5 Å². The molecule has 0 unspecified atom stereocenters. The van der Waals surface area contributed by atoms with Crippen LogP contribution in [0.1, 0.15) is 40.5 Å².